The van der Waals surface area contributed by atoms with E-state index in [1.165, 1.54) is 12.1 Å². The molecule has 0 heterocycles. The lowest BCUT2D eigenvalue weighted by atomic mass is 9.97. The van der Waals surface area contributed by atoms with Crippen LogP contribution in [0.15, 0.2) is 73.3 Å². The molecule has 3 aromatic carbocycles. The number of aryl methyl sites for hydroxylation is 1. The lowest BCUT2D eigenvalue weighted by molar-refractivity contribution is -0.137. The van der Waals surface area contributed by atoms with Gasteiger partial charge in [-0.15, -0.1) is 0 Å². The number of ether oxygens (including phenoxy) is 2. The fraction of sp³-hybridized carbons (Fsp3) is 0.192. The predicted octanol–water partition coefficient (Wildman–Crippen LogP) is 6.36. The Morgan fingerprint density at radius 1 is 0.903 bits per heavy atom. The van der Waals surface area contributed by atoms with E-state index in [1.54, 1.807) is 49.6 Å². The number of rotatable bonds is 9. The van der Waals surface area contributed by atoms with Crippen LogP contribution in [0.5, 0.6) is 5.75 Å². The SMILES string of the molecule is C=CC(=O)OCCCCc1ccc(-c2ccc(-c3ccc(OC)cc3)c(F)c2)c(F)c1. The maximum atomic E-state index is 14.7. The van der Waals surface area contributed by atoms with Gasteiger partial charge in [0.15, 0.2) is 0 Å². The number of hydrogen-bond acceptors (Lipinski definition) is 3. The summed E-state index contributed by atoms with van der Waals surface area (Å²) >= 11 is 0. The van der Waals surface area contributed by atoms with Crippen LogP contribution < -0.4 is 4.74 Å². The lowest BCUT2D eigenvalue weighted by Gasteiger charge is -2.10. The summed E-state index contributed by atoms with van der Waals surface area (Å²) < 4.78 is 39.5. The number of esters is 1. The van der Waals surface area contributed by atoms with Crippen LogP contribution in [0.25, 0.3) is 22.3 Å². The topological polar surface area (TPSA) is 35.5 Å². The quantitative estimate of drug-likeness (QED) is 0.229. The van der Waals surface area contributed by atoms with E-state index in [-0.39, 0.29) is 0 Å². The van der Waals surface area contributed by atoms with Gasteiger partial charge in [0.1, 0.15) is 17.4 Å². The van der Waals surface area contributed by atoms with Crippen LogP contribution >= 0.6 is 0 Å². The van der Waals surface area contributed by atoms with E-state index in [1.807, 2.05) is 6.07 Å². The van der Waals surface area contributed by atoms with Crippen molar-refractivity contribution >= 4 is 5.97 Å². The molecule has 0 spiro atoms. The Kier molecular flexibility index (Phi) is 7.55. The first kappa shape index (κ1) is 22.2. The smallest absolute Gasteiger partial charge is 0.330 e. The molecule has 0 atom stereocenters. The third-order valence-electron chi connectivity index (χ3n) is 4.99. The molecule has 0 N–H and O–H groups in total. The van der Waals surface area contributed by atoms with E-state index in [0.29, 0.717) is 41.9 Å². The Balaban J connectivity index is 1.67. The minimum atomic E-state index is -0.444. The van der Waals surface area contributed by atoms with Gasteiger partial charge in [0.05, 0.1) is 13.7 Å². The van der Waals surface area contributed by atoms with E-state index >= 15 is 0 Å². The third kappa shape index (κ3) is 5.79. The van der Waals surface area contributed by atoms with E-state index in [2.05, 4.69) is 6.58 Å². The lowest BCUT2D eigenvalue weighted by Crippen LogP contribution is -2.02. The molecule has 0 radical (unpaired) electrons. The van der Waals surface area contributed by atoms with Crippen LogP contribution in [0.4, 0.5) is 8.78 Å². The molecule has 0 bridgehead atoms. The fourth-order valence-corrected chi connectivity index (χ4v) is 3.30. The Morgan fingerprint density at radius 3 is 2.19 bits per heavy atom. The van der Waals surface area contributed by atoms with Gasteiger partial charge in [-0.1, -0.05) is 43.0 Å². The molecule has 0 unspecified atom stereocenters. The van der Waals surface area contributed by atoms with Crippen molar-refractivity contribution in [1.29, 1.82) is 0 Å². The van der Waals surface area contributed by atoms with E-state index in [4.69, 9.17) is 9.47 Å². The summed E-state index contributed by atoms with van der Waals surface area (Å²) in [6.45, 7) is 3.65. The third-order valence-corrected chi connectivity index (χ3v) is 4.99. The number of methoxy groups -OCH3 is 1. The summed E-state index contributed by atoms with van der Waals surface area (Å²) in [4.78, 5) is 11.0. The minimum Gasteiger partial charge on any atom is -0.497 e. The van der Waals surface area contributed by atoms with Gasteiger partial charge in [-0.05, 0) is 60.2 Å². The largest absolute Gasteiger partial charge is 0.497 e. The van der Waals surface area contributed by atoms with Gasteiger partial charge in [0, 0.05) is 17.2 Å². The highest BCUT2D eigenvalue weighted by Crippen LogP contribution is 2.30. The van der Waals surface area contributed by atoms with Crippen LogP contribution in [0.3, 0.4) is 0 Å². The second-order valence-electron chi connectivity index (χ2n) is 7.07. The zero-order valence-electron chi connectivity index (χ0n) is 17.4. The first-order chi connectivity index (χ1) is 15.0. The summed E-state index contributed by atoms with van der Waals surface area (Å²) in [6, 6.07) is 16.8. The molecule has 160 valence electrons. The number of unbranched alkanes of at least 4 members (excludes halogenated alkanes) is 1. The van der Waals surface area contributed by atoms with Crippen molar-refractivity contribution < 1.29 is 23.0 Å². The molecule has 3 nitrogen and oxygen atoms in total. The highest BCUT2D eigenvalue weighted by Gasteiger charge is 2.11. The van der Waals surface area contributed by atoms with Crippen molar-refractivity contribution in [2.75, 3.05) is 13.7 Å². The van der Waals surface area contributed by atoms with Crippen molar-refractivity contribution in [3.63, 3.8) is 0 Å². The number of carbonyl (C=O) groups excluding carboxylic acids is 1. The zero-order valence-corrected chi connectivity index (χ0v) is 17.4. The molecule has 0 saturated heterocycles. The average molecular weight is 422 g/mol. The molecule has 0 aliphatic rings. The van der Waals surface area contributed by atoms with Crippen LogP contribution in [0.2, 0.25) is 0 Å². The number of halogens is 2. The normalized spacial score (nSPS) is 10.5. The van der Waals surface area contributed by atoms with Gasteiger partial charge in [0.25, 0.3) is 0 Å². The second kappa shape index (κ2) is 10.5. The zero-order chi connectivity index (χ0) is 22.2. The van der Waals surface area contributed by atoms with Crippen LogP contribution in [-0.4, -0.2) is 19.7 Å². The molecule has 31 heavy (non-hydrogen) atoms. The average Bonchev–Trinajstić information content (AvgIpc) is 2.79. The monoisotopic (exact) mass is 422 g/mol. The summed E-state index contributed by atoms with van der Waals surface area (Å²) in [6.07, 6.45) is 3.23. The number of carbonyl (C=O) groups is 1. The molecule has 3 aromatic rings. The van der Waals surface area contributed by atoms with Gasteiger partial charge in [-0.25, -0.2) is 13.6 Å². The Bertz CT molecular complexity index is 1060. The maximum Gasteiger partial charge on any atom is 0.330 e. The van der Waals surface area contributed by atoms with Crippen molar-refractivity contribution in [2.45, 2.75) is 19.3 Å². The van der Waals surface area contributed by atoms with Crippen LogP contribution in [0.1, 0.15) is 18.4 Å². The van der Waals surface area contributed by atoms with Crippen molar-refractivity contribution in [2.24, 2.45) is 0 Å². The molecule has 0 saturated carbocycles. The molecule has 0 aromatic heterocycles. The number of hydrogen-bond donors (Lipinski definition) is 0. The van der Waals surface area contributed by atoms with Gasteiger partial charge in [-0.2, -0.15) is 0 Å². The molecular formula is C26H24F2O3. The summed E-state index contributed by atoms with van der Waals surface area (Å²) in [5, 5.41) is 0. The first-order valence-electron chi connectivity index (χ1n) is 10.0. The first-order valence-corrected chi connectivity index (χ1v) is 10.0. The second-order valence-corrected chi connectivity index (χ2v) is 7.07. The minimum absolute atomic E-state index is 0.311. The van der Waals surface area contributed by atoms with E-state index in [9.17, 15) is 13.6 Å². The molecule has 5 heteroatoms. The van der Waals surface area contributed by atoms with Crippen LogP contribution in [-0.2, 0) is 16.0 Å². The summed E-state index contributed by atoms with van der Waals surface area (Å²) in [7, 11) is 1.57. The molecule has 0 fully saturated rings. The Labute approximate surface area is 180 Å². The highest BCUT2D eigenvalue weighted by molar-refractivity contribution is 5.81. The van der Waals surface area contributed by atoms with Gasteiger partial charge < -0.3 is 9.47 Å². The van der Waals surface area contributed by atoms with E-state index < -0.39 is 17.6 Å². The fourth-order valence-electron chi connectivity index (χ4n) is 3.30. The standard InChI is InChI=1S/C26H24F2O3/c1-3-26(29)31-15-5-4-6-18-7-13-23(24(27)16-18)20-10-14-22(25(28)17-20)19-8-11-21(30-2)12-9-19/h3,7-14,16-17H,1,4-6,15H2,2H3. The maximum absolute atomic E-state index is 14.7. The van der Waals surface area contributed by atoms with Gasteiger partial charge in [0.2, 0.25) is 0 Å². The molecule has 0 aliphatic heterocycles. The summed E-state index contributed by atoms with van der Waals surface area (Å²) in [5.74, 6) is -0.561. The highest BCUT2D eigenvalue weighted by atomic mass is 19.1. The predicted molar refractivity (Wildman–Crippen MR) is 118 cm³/mol. The van der Waals surface area contributed by atoms with Crippen LogP contribution in [0, 0.1) is 11.6 Å². The molecular weight excluding hydrogens is 398 g/mol. The van der Waals surface area contributed by atoms with Gasteiger partial charge >= 0.3 is 5.97 Å². The Morgan fingerprint density at radius 2 is 1.55 bits per heavy atom. The summed E-state index contributed by atoms with van der Waals surface area (Å²) in [5.41, 5.74) is 2.84. The molecule has 0 amide bonds. The van der Waals surface area contributed by atoms with E-state index in [0.717, 1.165) is 23.6 Å². The van der Waals surface area contributed by atoms with Crippen molar-refractivity contribution in [1.82, 2.24) is 0 Å². The van der Waals surface area contributed by atoms with Gasteiger partial charge in [-0.3, -0.25) is 0 Å². The Hall–Kier alpha value is -3.47. The van der Waals surface area contributed by atoms with Crippen molar-refractivity contribution in [3.8, 4) is 28.0 Å². The van der Waals surface area contributed by atoms with Crippen molar-refractivity contribution in [3.05, 3.63) is 90.5 Å². The molecule has 3 rings (SSSR count). The number of benzene rings is 3. The molecule has 0 aliphatic carbocycles.